The SMILES string of the molecule is CC(=O)Nc1ccc(Nc2ncnc(NC(C)c3ccccc3)c2N)cc1. The van der Waals surface area contributed by atoms with Crippen LogP contribution in [0.3, 0.4) is 0 Å². The number of nitrogens with one attached hydrogen (secondary N) is 3. The van der Waals surface area contributed by atoms with Crippen molar-refractivity contribution >= 4 is 34.6 Å². The average molecular weight is 362 g/mol. The van der Waals surface area contributed by atoms with E-state index in [2.05, 4.69) is 25.9 Å². The quantitative estimate of drug-likeness (QED) is 0.529. The molecule has 1 aromatic heterocycles. The maximum Gasteiger partial charge on any atom is 0.221 e. The highest BCUT2D eigenvalue weighted by atomic mass is 16.1. The summed E-state index contributed by atoms with van der Waals surface area (Å²) in [6.07, 6.45) is 1.46. The molecule has 0 spiro atoms. The van der Waals surface area contributed by atoms with E-state index >= 15 is 0 Å². The van der Waals surface area contributed by atoms with Gasteiger partial charge in [0.15, 0.2) is 11.6 Å². The topological polar surface area (TPSA) is 105 Å². The van der Waals surface area contributed by atoms with Crippen molar-refractivity contribution in [2.45, 2.75) is 19.9 Å². The molecular weight excluding hydrogens is 340 g/mol. The number of amides is 1. The van der Waals surface area contributed by atoms with Gasteiger partial charge in [0.2, 0.25) is 5.91 Å². The van der Waals surface area contributed by atoms with Crippen LogP contribution in [-0.4, -0.2) is 15.9 Å². The number of nitrogens with two attached hydrogens (primary N) is 1. The second-order valence-corrected chi connectivity index (χ2v) is 6.14. The van der Waals surface area contributed by atoms with E-state index in [4.69, 9.17) is 5.73 Å². The van der Waals surface area contributed by atoms with Gasteiger partial charge in [0.1, 0.15) is 12.0 Å². The second kappa shape index (κ2) is 8.18. The molecule has 0 aliphatic rings. The van der Waals surface area contributed by atoms with Crippen LogP contribution in [-0.2, 0) is 4.79 Å². The Morgan fingerprint density at radius 3 is 2.26 bits per heavy atom. The third-order valence-corrected chi connectivity index (χ3v) is 4.00. The number of anilines is 5. The first-order valence-corrected chi connectivity index (χ1v) is 8.59. The number of nitrogens with zero attached hydrogens (tertiary/aromatic N) is 2. The predicted molar refractivity (Wildman–Crippen MR) is 109 cm³/mol. The summed E-state index contributed by atoms with van der Waals surface area (Å²) in [7, 11) is 0. The summed E-state index contributed by atoms with van der Waals surface area (Å²) in [5.41, 5.74) is 9.35. The Morgan fingerprint density at radius 2 is 1.59 bits per heavy atom. The zero-order chi connectivity index (χ0) is 19.2. The summed E-state index contributed by atoms with van der Waals surface area (Å²) < 4.78 is 0. The summed E-state index contributed by atoms with van der Waals surface area (Å²) >= 11 is 0. The number of benzene rings is 2. The van der Waals surface area contributed by atoms with Crippen molar-refractivity contribution in [1.29, 1.82) is 0 Å². The van der Waals surface area contributed by atoms with Gasteiger partial charge in [0.25, 0.3) is 0 Å². The largest absolute Gasteiger partial charge is 0.393 e. The van der Waals surface area contributed by atoms with Gasteiger partial charge in [0, 0.05) is 18.3 Å². The van der Waals surface area contributed by atoms with E-state index in [9.17, 15) is 4.79 Å². The van der Waals surface area contributed by atoms with Crippen LogP contribution in [0.1, 0.15) is 25.5 Å². The number of rotatable bonds is 6. The molecule has 138 valence electrons. The molecule has 1 heterocycles. The Morgan fingerprint density at radius 1 is 0.963 bits per heavy atom. The molecule has 1 amide bonds. The molecule has 1 unspecified atom stereocenters. The Kier molecular flexibility index (Phi) is 5.51. The number of hydrogen-bond acceptors (Lipinski definition) is 6. The van der Waals surface area contributed by atoms with Crippen LogP contribution in [0.25, 0.3) is 0 Å². The predicted octanol–water partition coefficient (Wildman–Crippen LogP) is 3.93. The van der Waals surface area contributed by atoms with E-state index in [0.717, 1.165) is 16.9 Å². The number of carbonyl (C=O) groups excluding carboxylic acids is 1. The summed E-state index contributed by atoms with van der Waals surface area (Å²) in [4.78, 5) is 19.6. The van der Waals surface area contributed by atoms with Crippen molar-refractivity contribution < 1.29 is 4.79 Å². The number of hydrogen-bond donors (Lipinski definition) is 4. The molecule has 0 bridgehead atoms. The Labute approximate surface area is 158 Å². The van der Waals surface area contributed by atoms with Crippen LogP contribution < -0.4 is 21.7 Å². The van der Waals surface area contributed by atoms with Crippen LogP contribution in [0.4, 0.5) is 28.7 Å². The molecule has 0 radical (unpaired) electrons. The van der Waals surface area contributed by atoms with Crippen molar-refractivity contribution in [3.63, 3.8) is 0 Å². The number of nitrogen functional groups attached to an aromatic ring is 1. The minimum absolute atomic E-state index is 0.0492. The van der Waals surface area contributed by atoms with Gasteiger partial charge in [-0.15, -0.1) is 0 Å². The van der Waals surface area contributed by atoms with Crippen LogP contribution in [0, 0.1) is 0 Å². The molecule has 5 N–H and O–H groups in total. The van der Waals surface area contributed by atoms with E-state index in [1.807, 2.05) is 49.4 Å². The highest BCUT2D eigenvalue weighted by molar-refractivity contribution is 5.89. The highest BCUT2D eigenvalue weighted by Crippen LogP contribution is 2.28. The summed E-state index contributed by atoms with van der Waals surface area (Å²) in [6, 6.07) is 17.4. The molecule has 2 aromatic carbocycles. The molecule has 27 heavy (non-hydrogen) atoms. The van der Waals surface area contributed by atoms with E-state index in [-0.39, 0.29) is 11.9 Å². The Balaban J connectivity index is 1.74. The van der Waals surface area contributed by atoms with Gasteiger partial charge in [-0.1, -0.05) is 30.3 Å². The molecule has 3 rings (SSSR count). The van der Waals surface area contributed by atoms with E-state index in [1.165, 1.54) is 13.3 Å². The van der Waals surface area contributed by atoms with Crippen LogP contribution >= 0.6 is 0 Å². The molecule has 3 aromatic rings. The summed E-state index contributed by atoms with van der Waals surface area (Å²) in [5, 5.41) is 9.22. The van der Waals surface area contributed by atoms with Gasteiger partial charge in [-0.3, -0.25) is 4.79 Å². The fourth-order valence-corrected chi connectivity index (χ4v) is 2.62. The zero-order valence-corrected chi connectivity index (χ0v) is 15.2. The molecule has 7 heteroatoms. The highest BCUT2D eigenvalue weighted by Gasteiger charge is 2.12. The Bertz CT molecular complexity index is 912. The lowest BCUT2D eigenvalue weighted by atomic mass is 10.1. The maximum absolute atomic E-state index is 11.1. The van der Waals surface area contributed by atoms with Gasteiger partial charge in [0.05, 0.1) is 6.04 Å². The van der Waals surface area contributed by atoms with Crippen molar-refractivity contribution in [1.82, 2.24) is 9.97 Å². The standard InChI is InChI=1S/C20H22N6O/c1-13(15-6-4-3-5-7-15)24-19-18(21)20(23-12-22-19)26-17-10-8-16(9-11-17)25-14(2)27/h3-13H,21H2,1-2H3,(H,25,27)(H2,22,23,24,26). The molecule has 0 saturated carbocycles. The van der Waals surface area contributed by atoms with E-state index < -0.39 is 0 Å². The first kappa shape index (κ1) is 18.2. The van der Waals surface area contributed by atoms with Gasteiger partial charge >= 0.3 is 0 Å². The molecular formula is C20H22N6O. The monoisotopic (exact) mass is 362 g/mol. The fraction of sp³-hybridized carbons (Fsp3) is 0.150. The average Bonchev–Trinajstić information content (AvgIpc) is 2.67. The molecule has 0 saturated heterocycles. The minimum Gasteiger partial charge on any atom is -0.393 e. The van der Waals surface area contributed by atoms with Gasteiger partial charge < -0.3 is 21.7 Å². The van der Waals surface area contributed by atoms with Crippen molar-refractivity contribution in [3.8, 4) is 0 Å². The molecule has 1 atom stereocenters. The number of carbonyl (C=O) groups is 1. The van der Waals surface area contributed by atoms with Gasteiger partial charge in [-0.2, -0.15) is 0 Å². The third-order valence-electron chi connectivity index (χ3n) is 4.00. The fourth-order valence-electron chi connectivity index (χ4n) is 2.62. The van der Waals surface area contributed by atoms with Crippen LogP contribution in [0.5, 0.6) is 0 Å². The zero-order valence-electron chi connectivity index (χ0n) is 15.2. The van der Waals surface area contributed by atoms with Crippen molar-refractivity contribution in [2.75, 3.05) is 21.7 Å². The molecule has 0 aliphatic heterocycles. The molecule has 7 nitrogen and oxygen atoms in total. The second-order valence-electron chi connectivity index (χ2n) is 6.14. The summed E-state index contributed by atoms with van der Waals surface area (Å²) in [6.45, 7) is 3.52. The van der Waals surface area contributed by atoms with Crippen molar-refractivity contribution in [2.24, 2.45) is 0 Å². The molecule has 0 fully saturated rings. The lowest BCUT2D eigenvalue weighted by molar-refractivity contribution is -0.114. The maximum atomic E-state index is 11.1. The Hall–Kier alpha value is -3.61. The lowest BCUT2D eigenvalue weighted by Crippen LogP contribution is -2.11. The first-order valence-electron chi connectivity index (χ1n) is 8.59. The van der Waals surface area contributed by atoms with Gasteiger partial charge in [-0.05, 0) is 36.8 Å². The first-order chi connectivity index (χ1) is 13.0. The van der Waals surface area contributed by atoms with Crippen LogP contribution in [0.2, 0.25) is 0 Å². The van der Waals surface area contributed by atoms with Gasteiger partial charge in [-0.25, -0.2) is 9.97 Å². The van der Waals surface area contributed by atoms with Crippen molar-refractivity contribution in [3.05, 3.63) is 66.5 Å². The minimum atomic E-state index is -0.112. The smallest absolute Gasteiger partial charge is 0.221 e. The normalized spacial score (nSPS) is 11.5. The lowest BCUT2D eigenvalue weighted by Gasteiger charge is -2.17. The third kappa shape index (κ3) is 4.72. The summed E-state index contributed by atoms with van der Waals surface area (Å²) in [5.74, 6) is 0.970. The van der Waals surface area contributed by atoms with E-state index in [0.29, 0.717) is 17.3 Å². The number of aromatic nitrogens is 2. The van der Waals surface area contributed by atoms with Crippen LogP contribution in [0.15, 0.2) is 60.9 Å². The van der Waals surface area contributed by atoms with E-state index in [1.54, 1.807) is 12.1 Å². The molecule has 0 aliphatic carbocycles.